The van der Waals surface area contributed by atoms with Gasteiger partial charge in [-0.25, -0.2) is 0 Å². The van der Waals surface area contributed by atoms with Gasteiger partial charge in [-0.15, -0.1) is 0 Å². The van der Waals surface area contributed by atoms with E-state index in [1.54, 1.807) is 41.3 Å². The molecule has 0 atom stereocenters. The van der Waals surface area contributed by atoms with Crippen molar-refractivity contribution in [2.24, 2.45) is 0 Å². The van der Waals surface area contributed by atoms with Crippen LogP contribution in [0, 0.1) is 0 Å². The van der Waals surface area contributed by atoms with Crippen molar-refractivity contribution in [3.8, 4) is 5.75 Å². The third-order valence-electron chi connectivity index (χ3n) is 4.48. The fourth-order valence-corrected chi connectivity index (χ4v) is 2.94. The van der Waals surface area contributed by atoms with Gasteiger partial charge in [-0.05, 0) is 23.8 Å². The Morgan fingerprint density at radius 1 is 1.03 bits per heavy atom. The van der Waals surface area contributed by atoms with Crippen LogP contribution in [-0.2, 0) is 9.53 Å². The van der Waals surface area contributed by atoms with Crippen LogP contribution >= 0.6 is 0 Å². The van der Waals surface area contributed by atoms with E-state index in [4.69, 9.17) is 9.47 Å². The smallest absolute Gasteiger partial charge is 0.270 e. The Morgan fingerprint density at radius 2 is 1.72 bits per heavy atom. The third-order valence-corrected chi connectivity index (χ3v) is 4.48. The summed E-state index contributed by atoms with van der Waals surface area (Å²) in [4.78, 5) is 27.5. The molecule has 0 saturated carbocycles. The van der Waals surface area contributed by atoms with Gasteiger partial charge >= 0.3 is 0 Å². The number of rotatable bonds is 6. The van der Waals surface area contributed by atoms with Gasteiger partial charge in [0.1, 0.15) is 11.4 Å². The first-order chi connectivity index (χ1) is 14.2. The van der Waals surface area contributed by atoms with E-state index in [9.17, 15) is 9.59 Å². The van der Waals surface area contributed by atoms with Crippen LogP contribution in [0.15, 0.2) is 72.4 Å². The second-order valence-electron chi connectivity index (χ2n) is 6.41. The molecule has 0 aromatic heterocycles. The van der Waals surface area contributed by atoms with Crippen LogP contribution in [0.2, 0.25) is 0 Å². The average Bonchev–Trinajstić information content (AvgIpc) is 2.79. The Morgan fingerprint density at radius 3 is 2.45 bits per heavy atom. The zero-order valence-electron chi connectivity index (χ0n) is 16.3. The van der Waals surface area contributed by atoms with Crippen LogP contribution in [0.4, 0.5) is 0 Å². The number of nitrogens with zero attached hydrogens (tertiary/aromatic N) is 1. The number of nitrogens with one attached hydrogen (secondary N) is 1. The Balaban J connectivity index is 1.83. The molecule has 2 amide bonds. The van der Waals surface area contributed by atoms with Crippen molar-refractivity contribution >= 4 is 17.9 Å². The van der Waals surface area contributed by atoms with Crippen molar-refractivity contribution < 1.29 is 19.1 Å². The molecule has 6 heteroatoms. The lowest BCUT2D eigenvalue weighted by Gasteiger charge is -2.27. The van der Waals surface area contributed by atoms with Crippen LogP contribution in [0.5, 0.6) is 5.75 Å². The van der Waals surface area contributed by atoms with E-state index in [0.29, 0.717) is 37.6 Å². The van der Waals surface area contributed by atoms with Crippen molar-refractivity contribution in [2.75, 3.05) is 33.4 Å². The van der Waals surface area contributed by atoms with Crippen LogP contribution in [0.25, 0.3) is 6.08 Å². The van der Waals surface area contributed by atoms with Crippen molar-refractivity contribution in [2.45, 2.75) is 0 Å². The van der Waals surface area contributed by atoms with Crippen LogP contribution in [0.3, 0.4) is 0 Å². The molecule has 0 radical (unpaired) electrons. The Labute approximate surface area is 170 Å². The van der Waals surface area contributed by atoms with Crippen LogP contribution < -0.4 is 10.1 Å². The molecule has 1 N–H and O–H groups in total. The summed E-state index contributed by atoms with van der Waals surface area (Å²) >= 11 is 0. The molecule has 1 fully saturated rings. The predicted octanol–water partition coefficient (Wildman–Crippen LogP) is 2.88. The number of allylic oxidation sites excluding steroid dienone is 2. The molecule has 2 aromatic carbocycles. The number of hydrogen-bond donors (Lipinski definition) is 1. The maximum absolute atomic E-state index is 13.0. The van der Waals surface area contributed by atoms with Gasteiger partial charge in [-0.3, -0.25) is 9.59 Å². The molecule has 1 aliphatic heterocycles. The van der Waals surface area contributed by atoms with Gasteiger partial charge in [-0.2, -0.15) is 0 Å². The molecule has 1 aliphatic rings. The van der Waals surface area contributed by atoms with Crippen LogP contribution in [-0.4, -0.2) is 50.1 Å². The number of methoxy groups -OCH3 is 1. The second kappa shape index (κ2) is 10.2. The quantitative estimate of drug-likeness (QED) is 0.606. The molecule has 1 saturated heterocycles. The van der Waals surface area contributed by atoms with Crippen LogP contribution in [0.1, 0.15) is 15.9 Å². The number of ether oxygens (including phenoxy) is 2. The molecule has 3 rings (SSSR count). The van der Waals surface area contributed by atoms with E-state index in [1.165, 1.54) is 7.11 Å². The summed E-state index contributed by atoms with van der Waals surface area (Å²) in [5.74, 6) is -0.194. The maximum atomic E-state index is 13.0. The normalized spacial score (nSPS) is 14.7. The van der Waals surface area contributed by atoms with Crippen molar-refractivity contribution in [3.05, 3.63) is 83.6 Å². The van der Waals surface area contributed by atoms with Crippen molar-refractivity contribution in [1.29, 1.82) is 0 Å². The number of benzene rings is 2. The Bertz CT molecular complexity index is 900. The lowest BCUT2D eigenvalue weighted by atomic mass is 10.1. The lowest BCUT2D eigenvalue weighted by molar-refractivity contribution is -0.131. The average molecular weight is 392 g/mol. The number of amides is 2. The topological polar surface area (TPSA) is 67.9 Å². The first kappa shape index (κ1) is 20.4. The maximum Gasteiger partial charge on any atom is 0.270 e. The van der Waals surface area contributed by atoms with Gasteiger partial charge in [0.15, 0.2) is 0 Å². The van der Waals surface area contributed by atoms with E-state index in [-0.39, 0.29) is 11.6 Å². The van der Waals surface area contributed by atoms with E-state index in [1.807, 2.05) is 36.4 Å². The SMILES string of the molecule is COc1ccccc1C(=O)N/C(=C/C=C\c1ccccc1)C(=O)N1CCOCC1. The number of carbonyl (C=O) groups is 2. The second-order valence-corrected chi connectivity index (χ2v) is 6.41. The van der Waals surface area contributed by atoms with Gasteiger partial charge in [0, 0.05) is 13.1 Å². The summed E-state index contributed by atoms with van der Waals surface area (Å²) in [6, 6.07) is 16.6. The minimum Gasteiger partial charge on any atom is -0.496 e. The number of para-hydroxylation sites is 1. The molecule has 2 aromatic rings. The monoisotopic (exact) mass is 392 g/mol. The molecule has 0 aliphatic carbocycles. The third kappa shape index (κ3) is 5.56. The summed E-state index contributed by atoms with van der Waals surface area (Å²) in [5.41, 5.74) is 1.57. The molecule has 29 heavy (non-hydrogen) atoms. The molecule has 0 spiro atoms. The highest BCUT2D eigenvalue weighted by atomic mass is 16.5. The summed E-state index contributed by atoms with van der Waals surface area (Å²) < 4.78 is 10.6. The molecule has 150 valence electrons. The van der Waals surface area contributed by atoms with E-state index >= 15 is 0 Å². The molecule has 1 heterocycles. The number of carbonyl (C=O) groups excluding carboxylic acids is 2. The van der Waals surface area contributed by atoms with Gasteiger partial charge in [0.25, 0.3) is 11.8 Å². The minimum atomic E-state index is -0.400. The first-order valence-electron chi connectivity index (χ1n) is 9.44. The fourth-order valence-electron chi connectivity index (χ4n) is 2.94. The van der Waals surface area contributed by atoms with Crippen molar-refractivity contribution in [1.82, 2.24) is 10.2 Å². The molecule has 6 nitrogen and oxygen atoms in total. The Kier molecular flexibility index (Phi) is 7.19. The minimum absolute atomic E-state index is 0.204. The zero-order chi connectivity index (χ0) is 20.5. The summed E-state index contributed by atoms with van der Waals surface area (Å²) in [7, 11) is 1.50. The molecule has 0 bridgehead atoms. The van der Waals surface area contributed by atoms with Gasteiger partial charge in [0.05, 0.1) is 25.9 Å². The van der Waals surface area contributed by atoms with Crippen molar-refractivity contribution in [3.63, 3.8) is 0 Å². The predicted molar refractivity (Wildman–Crippen MR) is 111 cm³/mol. The largest absolute Gasteiger partial charge is 0.496 e. The van der Waals surface area contributed by atoms with E-state index in [2.05, 4.69) is 5.32 Å². The van der Waals surface area contributed by atoms with Gasteiger partial charge in [-0.1, -0.05) is 54.6 Å². The highest BCUT2D eigenvalue weighted by molar-refractivity contribution is 6.04. The van der Waals surface area contributed by atoms with Gasteiger partial charge < -0.3 is 19.7 Å². The lowest BCUT2D eigenvalue weighted by Crippen LogP contribution is -2.44. The molecular weight excluding hydrogens is 368 g/mol. The molecular formula is C23H24N2O4. The zero-order valence-corrected chi connectivity index (χ0v) is 16.3. The summed E-state index contributed by atoms with van der Waals surface area (Å²) in [6.07, 6.45) is 5.26. The Hall–Kier alpha value is -3.38. The van der Waals surface area contributed by atoms with E-state index < -0.39 is 5.91 Å². The standard InChI is InChI=1S/C23H24N2O4/c1-28-21-13-6-5-11-19(21)22(26)24-20(23(27)25-14-16-29-17-15-25)12-7-10-18-8-3-2-4-9-18/h2-13H,14-17H2,1H3,(H,24,26)/b10-7-,20-12+. The highest BCUT2D eigenvalue weighted by Gasteiger charge is 2.23. The molecule has 0 unspecified atom stereocenters. The highest BCUT2D eigenvalue weighted by Crippen LogP contribution is 2.17. The fraction of sp³-hybridized carbons (Fsp3) is 0.217. The first-order valence-corrected chi connectivity index (χ1v) is 9.44. The summed E-state index contributed by atoms with van der Waals surface area (Å²) in [6.45, 7) is 1.95. The van der Waals surface area contributed by atoms with E-state index in [0.717, 1.165) is 5.56 Å². The number of hydrogen-bond acceptors (Lipinski definition) is 4. The van der Waals surface area contributed by atoms with Gasteiger partial charge in [0.2, 0.25) is 0 Å². The summed E-state index contributed by atoms with van der Waals surface area (Å²) in [5, 5.41) is 2.75. The number of morpholine rings is 1.